The van der Waals surface area contributed by atoms with E-state index in [1.807, 2.05) is 42.5 Å². The van der Waals surface area contributed by atoms with Crippen LogP contribution in [0.25, 0.3) is 0 Å². The third kappa shape index (κ3) is 4.61. The minimum absolute atomic E-state index is 0.0966. The third-order valence-electron chi connectivity index (χ3n) is 4.99. The van der Waals surface area contributed by atoms with Crippen molar-refractivity contribution < 1.29 is 14.3 Å². The van der Waals surface area contributed by atoms with Crippen LogP contribution in [0.3, 0.4) is 0 Å². The van der Waals surface area contributed by atoms with E-state index in [4.69, 9.17) is 9.47 Å². The SMILES string of the molecule is CC1(COCC2CC2)COc2ccc(C(=O)NCc3ccccc3)cc2N1. The van der Waals surface area contributed by atoms with Crippen molar-refractivity contribution in [3.05, 3.63) is 59.7 Å². The highest BCUT2D eigenvalue weighted by Crippen LogP contribution is 2.34. The second-order valence-electron chi connectivity index (χ2n) is 7.81. The summed E-state index contributed by atoms with van der Waals surface area (Å²) in [6, 6.07) is 15.4. The van der Waals surface area contributed by atoms with Gasteiger partial charge < -0.3 is 20.1 Å². The van der Waals surface area contributed by atoms with Crippen LogP contribution in [0.2, 0.25) is 0 Å². The van der Waals surface area contributed by atoms with Crippen molar-refractivity contribution in [1.29, 1.82) is 0 Å². The quantitative estimate of drug-likeness (QED) is 0.786. The summed E-state index contributed by atoms with van der Waals surface area (Å²) >= 11 is 0. The van der Waals surface area contributed by atoms with Gasteiger partial charge >= 0.3 is 0 Å². The Balaban J connectivity index is 1.38. The Bertz CT molecular complexity index is 804. The highest BCUT2D eigenvalue weighted by atomic mass is 16.5. The number of rotatable bonds is 7. The topological polar surface area (TPSA) is 59.6 Å². The highest BCUT2D eigenvalue weighted by Gasteiger charge is 2.32. The standard InChI is InChI=1S/C22H26N2O3/c1-22(14-26-13-17-7-8-17)15-27-20-10-9-18(11-19(20)24-22)21(25)23-12-16-5-3-2-4-6-16/h2-6,9-11,17,24H,7-8,12-15H2,1H3,(H,23,25). The Morgan fingerprint density at radius 2 is 2.07 bits per heavy atom. The molecule has 1 saturated carbocycles. The van der Waals surface area contributed by atoms with Crippen LogP contribution in [0.4, 0.5) is 5.69 Å². The summed E-state index contributed by atoms with van der Waals surface area (Å²) in [5, 5.41) is 6.47. The maximum Gasteiger partial charge on any atom is 0.251 e. The average Bonchev–Trinajstić information content (AvgIpc) is 3.50. The third-order valence-corrected chi connectivity index (χ3v) is 4.99. The van der Waals surface area contributed by atoms with Gasteiger partial charge in [0.25, 0.3) is 5.91 Å². The molecule has 4 rings (SSSR count). The van der Waals surface area contributed by atoms with E-state index in [0.717, 1.165) is 29.5 Å². The van der Waals surface area contributed by atoms with E-state index in [1.165, 1.54) is 12.8 Å². The zero-order valence-corrected chi connectivity index (χ0v) is 15.7. The Kier molecular flexibility index (Phi) is 5.03. The number of hydrogen-bond acceptors (Lipinski definition) is 4. The van der Waals surface area contributed by atoms with Crippen LogP contribution in [-0.2, 0) is 11.3 Å². The molecule has 1 aliphatic heterocycles. The Morgan fingerprint density at radius 1 is 1.26 bits per heavy atom. The molecule has 1 aliphatic carbocycles. The molecular weight excluding hydrogens is 340 g/mol. The van der Waals surface area contributed by atoms with Crippen LogP contribution in [0, 0.1) is 5.92 Å². The molecule has 0 bridgehead atoms. The molecule has 1 fully saturated rings. The zero-order chi connectivity index (χ0) is 18.7. The second kappa shape index (κ2) is 7.61. The van der Waals surface area contributed by atoms with Gasteiger partial charge in [0.15, 0.2) is 0 Å². The summed E-state index contributed by atoms with van der Waals surface area (Å²) in [5.74, 6) is 1.42. The van der Waals surface area contributed by atoms with Gasteiger partial charge in [-0.1, -0.05) is 30.3 Å². The first-order valence-corrected chi connectivity index (χ1v) is 9.56. The monoisotopic (exact) mass is 366 g/mol. The number of benzene rings is 2. The van der Waals surface area contributed by atoms with Gasteiger partial charge in [-0.25, -0.2) is 0 Å². The zero-order valence-electron chi connectivity index (χ0n) is 15.7. The first-order chi connectivity index (χ1) is 13.1. The van der Waals surface area contributed by atoms with Crippen molar-refractivity contribution in [2.24, 2.45) is 5.92 Å². The number of carbonyl (C=O) groups excluding carboxylic acids is 1. The van der Waals surface area contributed by atoms with Gasteiger partial charge in [0, 0.05) is 18.7 Å². The van der Waals surface area contributed by atoms with Crippen LogP contribution >= 0.6 is 0 Å². The van der Waals surface area contributed by atoms with Gasteiger partial charge in [0.05, 0.1) is 17.8 Å². The lowest BCUT2D eigenvalue weighted by Gasteiger charge is -2.36. The Morgan fingerprint density at radius 3 is 2.85 bits per heavy atom. The molecule has 2 aliphatic rings. The van der Waals surface area contributed by atoms with Crippen molar-refractivity contribution in [3.8, 4) is 5.75 Å². The molecule has 0 aromatic heterocycles. The summed E-state index contributed by atoms with van der Waals surface area (Å²) in [6.45, 7) is 4.56. The fourth-order valence-corrected chi connectivity index (χ4v) is 3.19. The van der Waals surface area contributed by atoms with E-state index >= 15 is 0 Å². The summed E-state index contributed by atoms with van der Waals surface area (Å²) < 4.78 is 11.8. The van der Waals surface area contributed by atoms with E-state index in [-0.39, 0.29) is 11.4 Å². The average molecular weight is 366 g/mol. The normalized spacial score (nSPS) is 20.9. The second-order valence-corrected chi connectivity index (χ2v) is 7.81. The summed E-state index contributed by atoms with van der Waals surface area (Å²) in [5.41, 5.74) is 2.24. The van der Waals surface area contributed by atoms with Gasteiger partial charge in [-0.2, -0.15) is 0 Å². The molecule has 5 nitrogen and oxygen atoms in total. The molecule has 0 saturated heterocycles. The van der Waals surface area contributed by atoms with Crippen molar-refractivity contribution in [2.75, 3.05) is 25.1 Å². The molecule has 2 N–H and O–H groups in total. The van der Waals surface area contributed by atoms with E-state index in [0.29, 0.717) is 25.3 Å². The number of hydrogen-bond donors (Lipinski definition) is 2. The number of carbonyl (C=O) groups is 1. The lowest BCUT2D eigenvalue weighted by molar-refractivity contribution is 0.0667. The number of amides is 1. The largest absolute Gasteiger partial charge is 0.489 e. The molecule has 1 heterocycles. The van der Waals surface area contributed by atoms with Gasteiger partial charge in [-0.15, -0.1) is 0 Å². The van der Waals surface area contributed by atoms with Gasteiger partial charge in [-0.3, -0.25) is 4.79 Å². The van der Waals surface area contributed by atoms with Crippen molar-refractivity contribution in [1.82, 2.24) is 5.32 Å². The van der Waals surface area contributed by atoms with Gasteiger partial charge in [-0.05, 0) is 49.4 Å². The van der Waals surface area contributed by atoms with Gasteiger partial charge in [0.2, 0.25) is 0 Å². The van der Waals surface area contributed by atoms with Crippen LogP contribution in [0.15, 0.2) is 48.5 Å². The minimum Gasteiger partial charge on any atom is -0.489 e. The predicted octanol–water partition coefficient (Wildman–Crippen LogP) is 3.61. The fraction of sp³-hybridized carbons (Fsp3) is 0.409. The molecular formula is C22H26N2O3. The van der Waals surface area contributed by atoms with E-state index in [9.17, 15) is 4.79 Å². The molecule has 2 aromatic carbocycles. The predicted molar refractivity (Wildman–Crippen MR) is 105 cm³/mol. The maximum absolute atomic E-state index is 12.5. The molecule has 1 unspecified atom stereocenters. The summed E-state index contributed by atoms with van der Waals surface area (Å²) in [4.78, 5) is 12.5. The summed E-state index contributed by atoms with van der Waals surface area (Å²) in [7, 11) is 0. The Labute approximate surface area is 160 Å². The highest BCUT2D eigenvalue weighted by molar-refractivity contribution is 5.95. The van der Waals surface area contributed by atoms with Crippen molar-refractivity contribution in [2.45, 2.75) is 31.8 Å². The van der Waals surface area contributed by atoms with Crippen molar-refractivity contribution >= 4 is 11.6 Å². The number of anilines is 1. The number of nitrogens with one attached hydrogen (secondary N) is 2. The smallest absolute Gasteiger partial charge is 0.251 e. The van der Waals surface area contributed by atoms with Crippen LogP contribution < -0.4 is 15.4 Å². The van der Waals surface area contributed by atoms with Crippen LogP contribution in [0.5, 0.6) is 5.75 Å². The van der Waals surface area contributed by atoms with E-state index < -0.39 is 0 Å². The number of ether oxygens (including phenoxy) is 2. The fourth-order valence-electron chi connectivity index (χ4n) is 3.19. The van der Waals surface area contributed by atoms with Crippen LogP contribution in [0.1, 0.15) is 35.7 Å². The lowest BCUT2D eigenvalue weighted by atomic mass is 10.0. The molecule has 142 valence electrons. The molecule has 0 radical (unpaired) electrons. The molecule has 1 atom stereocenters. The first-order valence-electron chi connectivity index (χ1n) is 9.56. The Hall–Kier alpha value is -2.53. The first kappa shape index (κ1) is 17.9. The minimum atomic E-state index is -0.291. The van der Waals surface area contributed by atoms with Crippen LogP contribution in [-0.4, -0.2) is 31.3 Å². The lowest BCUT2D eigenvalue weighted by Crippen LogP contribution is -2.48. The molecule has 5 heteroatoms. The molecule has 0 spiro atoms. The number of fused-ring (bicyclic) bond motifs is 1. The van der Waals surface area contributed by atoms with Crippen molar-refractivity contribution in [3.63, 3.8) is 0 Å². The molecule has 27 heavy (non-hydrogen) atoms. The molecule has 2 aromatic rings. The maximum atomic E-state index is 12.5. The van der Waals surface area contributed by atoms with Gasteiger partial charge in [0.1, 0.15) is 12.4 Å². The summed E-state index contributed by atoms with van der Waals surface area (Å²) in [6.07, 6.45) is 2.57. The van der Waals surface area contributed by atoms with E-state index in [1.54, 1.807) is 6.07 Å². The molecule has 1 amide bonds. The van der Waals surface area contributed by atoms with E-state index in [2.05, 4.69) is 17.6 Å².